The smallest absolute Gasteiger partial charge is 0.339 e. The van der Waals surface area contributed by atoms with Crippen LogP contribution in [0.4, 0.5) is 10.5 Å². The molecule has 126 valence electrons. The maximum absolute atomic E-state index is 12.0. The van der Waals surface area contributed by atoms with Crippen LogP contribution in [-0.2, 0) is 7.05 Å². The first kappa shape index (κ1) is 16.7. The van der Waals surface area contributed by atoms with Gasteiger partial charge in [0.25, 0.3) is 5.69 Å². The normalized spacial score (nSPS) is 11.0. The molecule has 2 amide bonds. The lowest BCUT2D eigenvalue weighted by Gasteiger charge is -2.09. The molecule has 0 aliphatic heterocycles. The lowest BCUT2D eigenvalue weighted by atomic mass is 10.1. The molecule has 0 saturated carbocycles. The Kier molecular flexibility index (Phi) is 4.81. The third-order valence-electron chi connectivity index (χ3n) is 3.67. The van der Waals surface area contributed by atoms with E-state index < -0.39 is 6.03 Å². The molecule has 0 radical (unpaired) electrons. The van der Waals surface area contributed by atoms with Gasteiger partial charge in [-0.25, -0.2) is 10.2 Å². The van der Waals surface area contributed by atoms with E-state index in [4.69, 9.17) is 11.6 Å². The van der Waals surface area contributed by atoms with Crippen LogP contribution >= 0.6 is 11.6 Å². The zero-order valence-corrected chi connectivity index (χ0v) is 14.2. The Bertz CT molecular complexity index is 952. The number of hydrogen-bond acceptors (Lipinski definition) is 3. The summed E-state index contributed by atoms with van der Waals surface area (Å²) in [5, 5.41) is 18.6. The van der Waals surface area contributed by atoms with Crippen molar-refractivity contribution in [3.8, 4) is 5.75 Å². The number of aromatic hydroxyl groups is 1. The minimum Gasteiger partial charge on any atom is -0.502 e. The molecule has 0 bridgehead atoms. The van der Waals surface area contributed by atoms with Crippen LogP contribution in [0.25, 0.3) is 10.8 Å². The lowest BCUT2D eigenvalue weighted by Crippen LogP contribution is -2.33. The maximum atomic E-state index is 12.0. The number of aromatic nitrogens is 1. The second-order valence-electron chi connectivity index (χ2n) is 5.36. The number of anilines is 1. The van der Waals surface area contributed by atoms with Crippen molar-refractivity contribution in [3.63, 3.8) is 0 Å². The molecule has 7 heteroatoms. The maximum Gasteiger partial charge on any atom is 0.339 e. The molecule has 3 rings (SSSR count). The largest absolute Gasteiger partial charge is 0.502 e. The summed E-state index contributed by atoms with van der Waals surface area (Å²) in [7, 11) is 1.76. The quantitative estimate of drug-likeness (QED) is 0.383. The number of rotatable bonds is 3. The first-order valence-electron chi connectivity index (χ1n) is 7.51. The first-order chi connectivity index (χ1) is 12.1. The summed E-state index contributed by atoms with van der Waals surface area (Å²) >= 11 is 6.34. The van der Waals surface area contributed by atoms with Crippen molar-refractivity contribution in [1.82, 2.24) is 5.43 Å². The fraction of sp³-hybridized carbons (Fsp3) is 0.0556. The van der Waals surface area contributed by atoms with E-state index in [1.807, 2.05) is 30.3 Å². The third kappa shape index (κ3) is 3.70. The standard InChI is InChI=1S/C18H15ClN4O2/c1-23-10-4-7-16(24)15(23)11-20-22-18(25)21-14-9-8-12-5-2-3-6-13(12)17(14)19/h2-11H,1H3,(H2,21,24,25)/p+1. The van der Waals surface area contributed by atoms with Crippen LogP contribution in [0.15, 0.2) is 59.8 Å². The fourth-order valence-electron chi connectivity index (χ4n) is 2.40. The van der Waals surface area contributed by atoms with Gasteiger partial charge in [-0.3, -0.25) is 0 Å². The topological polar surface area (TPSA) is 77.6 Å². The SMILES string of the molecule is C[n+]1cccc(O)c1C=NNC(=O)Nc1ccc2ccccc2c1Cl. The number of carbonyl (C=O) groups excluding carboxylic acids is 1. The predicted molar refractivity (Wildman–Crippen MR) is 98.0 cm³/mol. The lowest BCUT2D eigenvalue weighted by molar-refractivity contribution is -0.672. The molecule has 0 saturated heterocycles. The summed E-state index contributed by atoms with van der Waals surface area (Å²) in [5.74, 6) is 0.0635. The van der Waals surface area contributed by atoms with Gasteiger partial charge in [0.15, 0.2) is 11.9 Å². The van der Waals surface area contributed by atoms with Crippen molar-refractivity contribution < 1.29 is 14.5 Å². The van der Waals surface area contributed by atoms with Crippen molar-refractivity contribution in [2.45, 2.75) is 0 Å². The van der Waals surface area contributed by atoms with E-state index in [0.29, 0.717) is 16.4 Å². The zero-order chi connectivity index (χ0) is 17.8. The number of hydrazone groups is 1. The van der Waals surface area contributed by atoms with Gasteiger partial charge in [-0.1, -0.05) is 41.9 Å². The summed E-state index contributed by atoms with van der Waals surface area (Å²) in [5.41, 5.74) is 3.30. The highest BCUT2D eigenvalue weighted by atomic mass is 35.5. The third-order valence-corrected chi connectivity index (χ3v) is 4.08. The highest BCUT2D eigenvalue weighted by Crippen LogP contribution is 2.30. The van der Waals surface area contributed by atoms with Crippen molar-refractivity contribution >= 4 is 40.3 Å². The van der Waals surface area contributed by atoms with Crippen LogP contribution in [0, 0.1) is 0 Å². The number of carbonyl (C=O) groups is 1. The number of fused-ring (bicyclic) bond motifs is 1. The van der Waals surface area contributed by atoms with Crippen LogP contribution in [-0.4, -0.2) is 17.4 Å². The Morgan fingerprint density at radius 1 is 1.20 bits per heavy atom. The van der Waals surface area contributed by atoms with Gasteiger partial charge in [0.2, 0.25) is 0 Å². The van der Waals surface area contributed by atoms with Crippen molar-refractivity contribution in [1.29, 1.82) is 0 Å². The molecular formula is C18H16ClN4O2+. The molecule has 0 spiro atoms. The summed E-state index contributed by atoms with van der Waals surface area (Å²) in [4.78, 5) is 12.0. The molecule has 0 unspecified atom stereocenters. The molecule has 0 aliphatic carbocycles. The summed E-state index contributed by atoms with van der Waals surface area (Å²) in [6, 6.07) is 14.0. The van der Waals surface area contributed by atoms with Gasteiger partial charge in [-0.15, -0.1) is 0 Å². The molecule has 3 aromatic rings. The van der Waals surface area contributed by atoms with Crippen molar-refractivity contribution in [2.24, 2.45) is 12.1 Å². The van der Waals surface area contributed by atoms with Crippen LogP contribution < -0.4 is 15.3 Å². The van der Waals surface area contributed by atoms with E-state index in [9.17, 15) is 9.90 Å². The second kappa shape index (κ2) is 7.19. The van der Waals surface area contributed by atoms with E-state index in [1.165, 1.54) is 12.3 Å². The predicted octanol–water partition coefficient (Wildman–Crippen LogP) is 3.18. The molecule has 1 aromatic heterocycles. The first-order valence-corrected chi connectivity index (χ1v) is 7.89. The number of aryl methyl sites for hydroxylation is 1. The van der Waals surface area contributed by atoms with Gasteiger partial charge in [0.1, 0.15) is 13.3 Å². The van der Waals surface area contributed by atoms with E-state index >= 15 is 0 Å². The monoisotopic (exact) mass is 355 g/mol. The second-order valence-corrected chi connectivity index (χ2v) is 5.74. The zero-order valence-electron chi connectivity index (χ0n) is 13.4. The van der Waals surface area contributed by atoms with Crippen molar-refractivity contribution in [3.05, 3.63) is 65.4 Å². The fourth-order valence-corrected chi connectivity index (χ4v) is 2.68. The van der Waals surface area contributed by atoms with E-state index in [-0.39, 0.29) is 5.75 Å². The number of amides is 2. The minimum atomic E-state index is -0.536. The van der Waals surface area contributed by atoms with Crippen LogP contribution in [0.1, 0.15) is 5.69 Å². The van der Waals surface area contributed by atoms with E-state index in [1.54, 1.807) is 29.9 Å². The Morgan fingerprint density at radius 3 is 2.80 bits per heavy atom. The summed E-state index contributed by atoms with van der Waals surface area (Å²) in [6.07, 6.45) is 3.12. The number of hydrogen-bond donors (Lipinski definition) is 3. The molecule has 6 nitrogen and oxygen atoms in total. The number of nitrogens with one attached hydrogen (secondary N) is 2. The summed E-state index contributed by atoms with van der Waals surface area (Å²) < 4.78 is 1.68. The number of pyridine rings is 1. The average Bonchev–Trinajstić information content (AvgIpc) is 2.60. The van der Waals surface area contributed by atoms with Crippen molar-refractivity contribution in [2.75, 3.05) is 5.32 Å². The highest BCUT2D eigenvalue weighted by molar-refractivity contribution is 6.38. The highest BCUT2D eigenvalue weighted by Gasteiger charge is 2.10. The molecule has 0 fully saturated rings. The summed E-state index contributed by atoms with van der Waals surface area (Å²) in [6.45, 7) is 0. The molecule has 3 N–H and O–H groups in total. The molecule has 25 heavy (non-hydrogen) atoms. The molecule has 0 atom stereocenters. The van der Waals surface area contributed by atoms with Gasteiger partial charge in [0, 0.05) is 11.5 Å². The van der Waals surface area contributed by atoms with Crippen LogP contribution in [0.5, 0.6) is 5.75 Å². The van der Waals surface area contributed by atoms with Gasteiger partial charge in [-0.05, 0) is 17.5 Å². The number of halogens is 1. The van der Waals surface area contributed by atoms with Crippen LogP contribution in [0.2, 0.25) is 5.02 Å². The van der Waals surface area contributed by atoms with Crippen LogP contribution in [0.3, 0.4) is 0 Å². The Hall–Kier alpha value is -3.12. The Labute approximate surface area is 149 Å². The number of benzene rings is 2. The minimum absolute atomic E-state index is 0.0635. The van der Waals surface area contributed by atoms with E-state index in [2.05, 4.69) is 15.8 Å². The Morgan fingerprint density at radius 2 is 2.00 bits per heavy atom. The number of nitrogens with zero attached hydrogens (tertiary/aromatic N) is 2. The molecular weight excluding hydrogens is 340 g/mol. The van der Waals surface area contributed by atoms with E-state index in [0.717, 1.165) is 10.8 Å². The molecule has 1 heterocycles. The van der Waals surface area contributed by atoms with Gasteiger partial charge in [0.05, 0.1) is 10.7 Å². The van der Waals surface area contributed by atoms with Gasteiger partial charge in [-0.2, -0.15) is 9.67 Å². The van der Waals surface area contributed by atoms with Gasteiger partial charge >= 0.3 is 6.03 Å². The average molecular weight is 356 g/mol. The van der Waals surface area contributed by atoms with Gasteiger partial charge < -0.3 is 10.4 Å². The Balaban J connectivity index is 1.71. The number of urea groups is 1. The molecule has 2 aromatic carbocycles. The molecule has 0 aliphatic rings.